The molecular weight excluding hydrogens is 1400 g/mol. The van der Waals surface area contributed by atoms with Gasteiger partial charge in [-0.3, -0.25) is 0 Å². The van der Waals surface area contributed by atoms with E-state index in [1.54, 1.807) is 9.80 Å². The molecule has 0 saturated heterocycles. The molecule has 0 radical (unpaired) electrons. The maximum absolute atomic E-state index is 18.0. The Morgan fingerprint density at radius 3 is 0.929 bits per heavy atom. The highest BCUT2D eigenvalue weighted by Gasteiger charge is 2.51. The zero-order valence-corrected chi connectivity index (χ0v) is 59.3. The highest BCUT2D eigenvalue weighted by Crippen LogP contribution is 2.51. The Morgan fingerprint density at radius 2 is 0.536 bits per heavy atom. The van der Waals surface area contributed by atoms with Crippen molar-refractivity contribution in [2.75, 3.05) is 9.80 Å². The first-order valence-electron chi connectivity index (χ1n) is 37.5. The number of rotatable bonds is 8. The second kappa shape index (κ2) is 23.6. The molecule has 0 spiro atoms. The predicted octanol–water partition coefficient (Wildman–Crippen LogP) is 18.6. The van der Waals surface area contributed by atoms with Gasteiger partial charge in [0.15, 0.2) is 0 Å². The van der Waals surface area contributed by atoms with Gasteiger partial charge in [0.2, 0.25) is 0 Å². The summed E-state index contributed by atoms with van der Waals surface area (Å²) in [4.78, 5) is 3.42. The number of nitrogens with zero attached hydrogens (tertiary/aromatic N) is 5. The molecule has 112 heavy (non-hydrogen) atoms. The van der Waals surface area contributed by atoms with E-state index in [0.29, 0.717) is 107 Å². The summed E-state index contributed by atoms with van der Waals surface area (Å²) in [5.41, 5.74) is 18.5. The fraction of sp³-hybridized carbons (Fsp3) is 0. The van der Waals surface area contributed by atoms with Crippen LogP contribution in [-0.4, -0.2) is 33.8 Å². The van der Waals surface area contributed by atoms with E-state index in [1.807, 2.05) is 164 Å². The Balaban J connectivity index is 0.791. The van der Waals surface area contributed by atoms with Gasteiger partial charge >= 0.3 is 0 Å². The van der Waals surface area contributed by atoms with Crippen molar-refractivity contribution in [3.05, 3.63) is 351 Å². The monoisotopic (exact) mass is 1450 g/mol. The second-order valence-electron chi connectivity index (χ2n) is 29.5. The summed E-state index contributed by atoms with van der Waals surface area (Å²) in [5, 5.41) is 3.01. The van der Waals surface area contributed by atoms with Crippen molar-refractivity contribution in [2.45, 2.75) is 0 Å². The van der Waals surface area contributed by atoms with Gasteiger partial charge in [-0.05, 0) is 145 Å². The summed E-state index contributed by atoms with van der Waals surface area (Å²) in [6.07, 6.45) is 0. The molecule has 9 heterocycles. The minimum atomic E-state index is -0.798. The first kappa shape index (κ1) is 62.7. The van der Waals surface area contributed by atoms with E-state index >= 15 is 17.6 Å². The second-order valence-corrected chi connectivity index (χ2v) is 29.5. The lowest BCUT2D eigenvalue weighted by Gasteiger charge is -2.44. The minimum Gasteiger partial charge on any atom is -0.458 e. The van der Waals surface area contributed by atoms with Gasteiger partial charge in [-0.2, -0.15) is 0 Å². The van der Waals surface area contributed by atoms with Crippen LogP contribution in [0.3, 0.4) is 0 Å². The topological polar surface area (TPSA) is 58.2 Å². The molecule has 9 nitrogen and oxygen atoms in total. The standard InChI is InChI=1S/C96H54B3F4N5O4/c100-70-33-20-34-71(101)95(70)107-80-53-87-69(51-66(80)97-64-31-13-18-40-84(64)109-88-47-61(45-82(107)92(88)97)104-74-37-15-10-28-58(74)42-77(104)55-22-4-1-5-23-55)99-67-52-68-86(112-91-50-63(49-90-94(91)98(68)65-32-14-19-41-85(65)110-90)106-76-39-17-12-30-60(76)44-79(106)57-26-8-3-9-27-57)54-81(67)108(96-72(102)35-21-36-73(96)103)83-46-62(48-89(111-87)93(83)99)105-75-38-16-11-29-59(75)43-78(105)56-24-6-2-7-25-56/h1-54H. The van der Waals surface area contributed by atoms with Crippen molar-refractivity contribution in [2.24, 2.45) is 0 Å². The van der Waals surface area contributed by atoms with Crippen LogP contribution in [0.5, 0.6) is 46.0 Å². The molecule has 24 rings (SSSR count). The van der Waals surface area contributed by atoms with Gasteiger partial charge in [-0.1, -0.05) is 206 Å². The molecule has 3 aromatic heterocycles. The molecule has 0 amide bonds. The molecule has 6 aliphatic rings. The molecule has 0 aliphatic carbocycles. The highest BCUT2D eigenvalue weighted by molar-refractivity contribution is 7.03. The zero-order chi connectivity index (χ0) is 73.9. The van der Waals surface area contributed by atoms with Crippen LogP contribution in [0.4, 0.5) is 51.7 Å². The van der Waals surface area contributed by atoms with Gasteiger partial charge < -0.3 is 42.4 Å². The van der Waals surface area contributed by atoms with E-state index in [-0.39, 0.29) is 11.4 Å². The third kappa shape index (κ3) is 8.99. The number of benzene rings is 15. The summed E-state index contributed by atoms with van der Waals surface area (Å²) >= 11 is 0. The number of aromatic nitrogens is 3. The number of fused-ring (bicyclic) bond motifs is 15. The lowest BCUT2D eigenvalue weighted by molar-refractivity contribution is 0.464. The Bertz CT molecular complexity index is 7110. The van der Waals surface area contributed by atoms with Gasteiger partial charge in [0.25, 0.3) is 20.1 Å². The first-order chi connectivity index (χ1) is 55.2. The van der Waals surface area contributed by atoms with Crippen LogP contribution in [-0.2, 0) is 0 Å². The molecule has 0 unspecified atom stereocenters. The van der Waals surface area contributed by atoms with Crippen molar-refractivity contribution in [1.29, 1.82) is 0 Å². The molecule has 6 aliphatic heterocycles. The summed E-state index contributed by atoms with van der Waals surface area (Å²) in [6, 6.07) is 106. The van der Waals surface area contributed by atoms with Crippen molar-refractivity contribution in [3.8, 4) is 96.8 Å². The molecule has 0 atom stereocenters. The van der Waals surface area contributed by atoms with Crippen molar-refractivity contribution in [1.82, 2.24) is 13.7 Å². The zero-order valence-electron chi connectivity index (χ0n) is 59.3. The van der Waals surface area contributed by atoms with Crippen LogP contribution in [0.25, 0.3) is 83.5 Å². The maximum Gasteiger partial charge on any atom is 0.260 e. The van der Waals surface area contributed by atoms with Gasteiger partial charge in [0.05, 0.1) is 50.7 Å². The Hall–Kier alpha value is -14.4. The molecule has 15 aromatic carbocycles. The predicted molar refractivity (Wildman–Crippen MR) is 442 cm³/mol. The molecule has 0 N–H and O–H groups in total. The van der Waals surface area contributed by atoms with E-state index < -0.39 is 43.4 Å². The molecule has 0 fully saturated rings. The van der Waals surface area contributed by atoms with Crippen molar-refractivity contribution in [3.63, 3.8) is 0 Å². The Morgan fingerprint density at radius 1 is 0.223 bits per heavy atom. The number of para-hydroxylation sites is 7. The van der Waals surface area contributed by atoms with E-state index in [2.05, 4.69) is 141 Å². The summed E-state index contributed by atoms with van der Waals surface area (Å²) in [7, 11) is 0. The van der Waals surface area contributed by atoms with Crippen molar-refractivity contribution >= 4 is 136 Å². The minimum absolute atomic E-state index is 0.297. The Labute approximate surface area is 640 Å². The van der Waals surface area contributed by atoms with E-state index in [0.717, 1.165) is 94.0 Å². The van der Waals surface area contributed by atoms with Gasteiger partial charge in [-0.25, -0.2) is 17.6 Å². The highest BCUT2D eigenvalue weighted by atomic mass is 19.1. The van der Waals surface area contributed by atoms with Crippen LogP contribution >= 0.6 is 0 Å². The fourth-order valence-electron chi connectivity index (χ4n) is 18.9. The largest absolute Gasteiger partial charge is 0.458 e. The quantitative estimate of drug-likeness (QED) is 0.112. The SMILES string of the molecule is Fc1cccc(F)c1N1c2cc3c(cc2B2c4cc5c(cc4Oc4cc(-n6c(-c7ccccc7)cc7ccccc76)cc1c42)N(c1c(F)cccc1F)c1cc(-n2c(-c4ccccc4)cc4ccccc42)cc2c1B5c1ccccc1O2)B1c2ccccc2Oc2cc(-n4c(-c5ccccc5)cc5ccccc54)cc(c21)O3. The maximum atomic E-state index is 18.0. The lowest BCUT2D eigenvalue weighted by atomic mass is 9.29. The molecule has 0 bridgehead atoms. The molecule has 524 valence electrons. The van der Waals surface area contributed by atoms with Crippen LogP contribution in [0, 0.1) is 23.3 Å². The van der Waals surface area contributed by atoms with Gasteiger partial charge in [-0.15, -0.1) is 0 Å². The first-order valence-corrected chi connectivity index (χ1v) is 37.5. The summed E-state index contributed by atoms with van der Waals surface area (Å²) in [6.45, 7) is -1.88. The number of ether oxygens (including phenoxy) is 4. The van der Waals surface area contributed by atoms with Crippen LogP contribution < -0.4 is 77.9 Å². The fourth-order valence-corrected chi connectivity index (χ4v) is 18.9. The Kier molecular flexibility index (Phi) is 13.2. The number of halogens is 4. The molecule has 0 saturated carbocycles. The smallest absolute Gasteiger partial charge is 0.260 e. The third-order valence-electron chi connectivity index (χ3n) is 23.5. The number of hydrogen-bond acceptors (Lipinski definition) is 6. The normalized spacial score (nSPS) is 13.4. The summed E-state index contributed by atoms with van der Waals surface area (Å²) < 4.78 is 108. The molecule has 18 aromatic rings. The average molecular weight is 1450 g/mol. The number of hydrogen-bond donors (Lipinski definition) is 0. The van der Waals surface area contributed by atoms with Crippen LogP contribution in [0.1, 0.15) is 0 Å². The third-order valence-corrected chi connectivity index (χ3v) is 23.5. The van der Waals surface area contributed by atoms with Crippen molar-refractivity contribution < 1.29 is 36.5 Å². The average Bonchev–Trinajstić information content (AvgIpc) is 0.867. The summed E-state index contributed by atoms with van der Waals surface area (Å²) in [5.74, 6) is 1.01. The van der Waals surface area contributed by atoms with E-state index in [9.17, 15) is 0 Å². The van der Waals surface area contributed by atoms with E-state index in [1.165, 1.54) is 36.4 Å². The van der Waals surface area contributed by atoms with Gasteiger partial charge in [0.1, 0.15) is 80.6 Å². The van der Waals surface area contributed by atoms with Crippen LogP contribution in [0.15, 0.2) is 328 Å². The van der Waals surface area contributed by atoms with Crippen LogP contribution in [0.2, 0.25) is 0 Å². The molecular formula is C96H54B3F4N5O4. The molecule has 16 heteroatoms. The lowest BCUT2D eigenvalue weighted by Crippen LogP contribution is -2.64. The number of anilines is 6. The van der Waals surface area contributed by atoms with Gasteiger partial charge in [0, 0.05) is 80.8 Å². The van der Waals surface area contributed by atoms with E-state index in [4.69, 9.17) is 18.9 Å².